The third-order valence-corrected chi connectivity index (χ3v) is 4.05. The second-order valence-corrected chi connectivity index (χ2v) is 5.19. The van der Waals surface area contributed by atoms with Gasteiger partial charge < -0.3 is 5.73 Å². The second kappa shape index (κ2) is 6.39. The van der Waals surface area contributed by atoms with E-state index in [-0.39, 0.29) is 17.0 Å². The van der Waals surface area contributed by atoms with Gasteiger partial charge >= 0.3 is 0 Å². The van der Waals surface area contributed by atoms with Crippen LogP contribution in [0.5, 0.6) is 0 Å². The van der Waals surface area contributed by atoms with Crippen molar-refractivity contribution >= 4 is 38.6 Å². The fourth-order valence-electron chi connectivity index (χ4n) is 1.94. The Balaban J connectivity index is 0.00000162. The normalized spacial score (nSPS) is 9.94. The maximum atomic E-state index is 5.90. The molecule has 0 saturated carbocycles. The smallest absolute Gasteiger partial charge is 0.0346 e. The molecule has 0 unspecified atom stereocenters. The Bertz CT molecular complexity index is 550. The van der Waals surface area contributed by atoms with E-state index in [2.05, 4.69) is 54.0 Å². The van der Waals surface area contributed by atoms with Crippen molar-refractivity contribution in [2.75, 3.05) is 5.73 Å². The van der Waals surface area contributed by atoms with Crippen LogP contribution < -0.4 is 5.73 Å². The number of halogens is 2. The van der Waals surface area contributed by atoms with E-state index in [9.17, 15) is 0 Å². The summed E-state index contributed by atoms with van der Waals surface area (Å²) in [6, 6.07) is 12.4. The van der Waals surface area contributed by atoms with Crippen molar-refractivity contribution in [2.24, 2.45) is 0 Å². The summed E-state index contributed by atoms with van der Waals surface area (Å²) >= 11 is 3.59. The van der Waals surface area contributed by atoms with Gasteiger partial charge in [-0.1, -0.05) is 40.2 Å². The van der Waals surface area contributed by atoms with Crippen LogP contribution >= 0.6 is 32.9 Å². The van der Waals surface area contributed by atoms with Crippen molar-refractivity contribution in [3.8, 4) is 0 Å². The molecule has 1 nitrogen and oxygen atoms in total. The van der Waals surface area contributed by atoms with Gasteiger partial charge in [-0.05, 0) is 54.7 Å². The highest BCUT2D eigenvalue weighted by Crippen LogP contribution is 2.24. The van der Waals surface area contributed by atoms with Crippen LogP contribution in [0.25, 0.3) is 0 Å². The van der Waals surface area contributed by atoms with Gasteiger partial charge in [0.2, 0.25) is 0 Å². The maximum absolute atomic E-state index is 5.90. The van der Waals surface area contributed by atoms with Gasteiger partial charge in [-0.15, -0.1) is 17.0 Å². The zero-order valence-corrected chi connectivity index (χ0v) is 13.8. The Morgan fingerprint density at radius 2 is 1.61 bits per heavy atom. The van der Waals surface area contributed by atoms with Crippen LogP contribution in [0.15, 0.2) is 40.9 Å². The lowest BCUT2D eigenvalue weighted by Gasteiger charge is -2.12. The van der Waals surface area contributed by atoms with Gasteiger partial charge in [-0.3, -0.25) is 0 Å². The quantitative estimate of drug-likeness (QED) is 0.753. The molecule has 0 radical (unpaired) electrons. The van der Waals surface area contributed by atoms with Gasteiger partial charge in [0, 0.05) is 10.2 Å². The minimum atomic E-state index is 0. The lowest BCUT2D eigenvalue weighted by Crippen LogP contribution is -1.98. The average Bonchev–Trinajstić information content (AvgIpc) is 2.32. The first kappa shape index (κ1) is 15.3. The highest BCUT2D eigenvalue weighted by molar-refractivity contribution is 9.10. The third-order valence-electron chi connectivity index (χ3n) is 3.28. The second-order valence-electron chi connectivity index (χ2n) is 4.33. The molecule has 2 rings (SSSR count). The minimum absolute atomic E-state index is 0. The Labute approximate surface area is 127 Å². The molecule has 96 valence electrons. The van der Waals surface area contributed by atoms with Crippen molar-refractivity contribution in [1.29, 1.82) is 0 Å². The fourth-order valence-corrected chi connectivity index (χ4v) is 2.36. The summed E-state index contributed by atoms with van der Waals surface area (Å²) in [5, 5.41) is 0. The molecule has 0 aliphatic carbocycles. The SMILES string of the molecule is Br.Cc1c(N)ccc(Cc2ccccc2Br)c1C. The van der Waals surface area contributed by atoms with Crippen LogP contribution in [0.4, 0.5) is 5.69 Å². The predicted molar refractivity (Wildman–Crippen MR) is 87.6 cm³/mol. The molecule has 0 aromatic heterocycles. The number of anilines is 1. The zero-order chi connectivity index (χ0) is 12.4. The molecule has 0 amide bonds. The first-order valence-electron chi connectivity index (χ1n) is 5.67. The van der Waals surface area contributed by atoms with E-state index in [1.165, 1.54) is 22.3 Å². The van der Waals surface area contributed by atoms with E-state index >= 15 is 0 Å². The van der Waals surface area contributed by atoms with Crippen LogP contribution in [-0.2, 0) is 6.42 Å². The molecule has 0 aliphatic heterocycles. The third kappa shape index (κ3) is 3.15. The van der Waals surface area contributed by atoms with Crippen LogP contribution in [0.1, 0.15) is 22.3 Å². The topological polar surface area (TPSA) is 26.0 Å². The molecule has 0 heterocycles. The maximum Gasteiger partial charge on any atom is 0.0346 e. The first-order chi connectivity index (χ1) is 8.09. The van der Waals surface area contributed by atoms with Gasteiger partial charge in [-0.2, -0.15) is 0 Å². The summed E-state index contributed by atoms with van der Waals surface area (Å²) in [6.07, 6.45) is 0.939. The summed E-state index contributed by atoms with van der Waals surface area (Å²) in [6.45, 7) is 4.21. The molecule has 2 aromatic carbocycles. The monoisotopic (exact) mass is 369 g/mol. The van der Waals surface area contributed by atoms with E-state index in [1.54, 1.807) is 0 Å². The highest BCUT2D eigenvalue weighted by atomic mass is 79.9. The molecule has 3 heteroatoms. The molecule has 2 aromatic rings. The molecule has 0 atom stereocenters. The van der Waals surface area contributed by atoms with Crippen LogP contribution in [0, 0.1) is 13.8 Å². The summed E-state index contributed by atoms with van der Waals surface area (Å²) in [4.78, 5) is 0. The van der Waals surface area contributed by atoms with Crippen LogP contribution in [0.2, 0.25) is 0 Å². The largest absolute Gasteiger partial charge is 0.399 e. The number of nitrogens with two attached hydrogens (primary N) is 1. The summed E-state index contributed by atoms with van der Waals surface area (Å²) in [7, 11) is 0. The lowest BCUT2D eigenvalue weighted by atomic mass is 9.96. The van der Waals surface area contributed by atoms with E-state index in [0.29, 0.717) is 0 Å². The lowest BCUT2D eigenvalue weighted by molar-refractivity contribution is 1.13. The first-order valence-corrected chi connectivity index (χ1v) is 6.47. The number of rotatable bonds is 2. The fraction of sp³-hybridized carbons (Fsp3) is 0.200. The van der Waals surface area contributed by atoms with Crippen LogP contribution in [-0.4, -0.2) is 0 Å². The van der Waals surface area contributed by atoms with E-state index < -0.39 is 0 Å². The van der Waals surface area contributed by atoms with Crippen molar-refractivity contribution in [3.05, 3.63) is 63.1 Å². The molecule has 0 fully saturated rings. The van der Waals surface area contributed by atoms with E-state index in [0.717, 1.165) is 16.6 Å². The number of hydrogen-bond acceptors (Lipinski definition) is 1. The molecule has 18 heavy (non-hydrogen) atoms. The van der Waals surface area contributed by atoms with E-state index in [1.807, 2.05) is 12.1 Å². The molecule has 2 N–H and O–H groups in total. The Morgan fingerprint density at radius 3 is 2.28 bits per heavy atom. The Morgan fingerprint density at radius 1 is 0.944 bits per heavy atom. The summed E-state index contributed by atoms with van der Waals surface area (Å²) in [5.74, 6) is 0. The standard InChI is InChI=1S/C15H16BrN.BrH/c1-10-11(2)15(17)8-7-12(10)9-13-5-3-4-6-14(13)16;/h3-8H,9,17H2,1-2H3;1H. The average molecular weight is 371 g/mol. The minimum Gasteiger partial charge on any atom is -0.399 e. The number of hydrogen-bond donors (Lipinski definition) is 1. The summed E-state index contributed by atoms with van der Waals surface area (Å²) in [5.41, 5.74) is 11.9. The van der Waals surface area contributed by atoms with Gasteiger partial charge in [0.15, 0.2) is 0 Å². The molecular weight excluding hydrogens is 354 g/mol. The number of benzene rings is 2. The van der Waals surface area contributed by atoms with Gasteiger partial charge in [0.1, 0.15) is 0 Å². The van der Waals surface area contributed by atoms with Crippen molar-refractivity contribution in [1.82, 2.24) is 0 Å². The number of nitrogen functional groups attached to an aromatic ring is 1. The molecule has 0 spiro atoms. The Hall–Kier alpha value is -0.800. The van der Waals surface area contributed by atoms with Crippen molar-refractivity contribution in [2.45, 2.75) is 20.3 Å². The van der Waals surface area contributed by atoms with E-state index in [4.69, 9.17) is 5.73 Å². The predicted octanol–water partition coefficient (Wildman–Crippen LogP) is 4.82. The van der Waals surface area contributed by atoms with Crippen molar-refractivity contribution in [3.63, 3.8) is 0 Å². The molecule has 0 aliphatic rings. The van der Waals surface area contributed by atoms with Gasteiger partial charge in [0.05, 0.1) is 0 Å². The van der Waals surface area contributed by atoms with Gasteiger partial charge in [0.25, 0.3) is 0 Å². The van der Waals surface area contributed by atoms with Crippen LogP contribution in [0.3, 0.4) is 0 Å². The summed E-state index contributed by atoms with van der Waals surface area (Å²) < 4.78 is 1.16. The molecule has 0 saturated heterocycles. The molecular formula is C15H17Br2N. The van der Waals surface area contributed by atoms with Gasteiger partial charge in [-0.25, -0.2) is 0 Å². The Kier molecular flexibility index (Phi) is 5.42. The van der Waals surface area contributed by atoms with Crippen molar-refractivity contribution < 1.29 is 0 Å². The zero-order valence-electron chi connectivity index (χ0n) is 10.5. The highest BCUT2D eigenvalue weighted by Gasteiger charge is 2.06. The molecule has 0 bridgehead atoms.